The van der Waals surface area contributed by atoms with Gasteiger partial charge in [0.05, 0.1) is 6.20 Å². The fourth-order valence-electron chi connectivity index (χ4n) is 2.54. The van der Waals surface area contributed by atoms with E-state index in [4.69, 9.17) is 4.52 Å². The van der Waals surface area contributed by atoms with Crippen molar-refractivity contribution in [3.8, 4) is 11.3 Å². The van der Waals surface area contributed by atoms with Crippen LogP contribution in [0, 0.1) is 13.8 Å². The summed E-state index contributed by atoms with van der Waals surface area (Å²) in [7, 11) is 1.85. The smallest absolute Gasteiger partial charge is 0.295 e. The highest BCUT2D eigenvalue weighted by Gasteiger charge is 2.18. The molecule has 0 radical (unpaired) electrons. The van der Waals surface area contributed by atoms with E-state index in [1.807, 2.05) is 31.6 Å². The molecular weight excluding hydrogens is 320 g/mol. The van der Waals surface area contributed by atoms with E-state index in [1.54, 1.807) is 16.9 Å². The van der Waals surface area contributed by atoms with Gasteiger partial charge in [-0.15, -0.1) is 0 Å². The molecule has 1 amide bonds. The van der Waals surface area contributed by atoms with Crippen LogP contribution in [0.15, 0.2) is 22.9 Å². The summed E-state index contributed by atoms with van der Waals surface area (Å²) < 4.78 is 8.82. The van der Waals surface area contributed by atoms with Crippen molar-refractivity contribution in [2.45, 2.75) is 40.2 Å². The van der Waals surface area contributed by atoms with Gasteiger partial charge < -0.3 is 9.84 Å². The van der Waals surface area contributed by atoms with Crippen LogP contribution in [0.4, 0.5) is 5.82 Å². The lowest BCUT2D eigenvalue weighted by molar-refractivity contribution is 0.0987. The van der Waals surface area contributed by atoms with E-state index < -0.39 is 0 Å². The van der Waals surface area contributed by atoms with Crippen molar-refractivity contribution in [1.29, 1.82) is 0 Å². The number of carbonyl (C=O) groups excluding carboxylic acids is 1. The van der Waals surface area contributed by atoms with Gasteiger partial charge in [-0.3, -0.25) is 14.2 Å². The molecule has 8 heteroatoms. The summed E-state index contributed by atoms with van der Waals surface area (Å²) in [6, 6.07) is 3.45. The first-order chi connectivity index (χ1) is 12.0. The fourth-order valence-corrected chi connectivity index (χ4v) is 2.54. The molecule has 0 aliphatic heterocycles. The minimum absolute atomic E-state index is 0.138. The molecule has 3 aromatic heterocycles. The Morgan fingerprint density at radius 3 is 2.80 bits per heavy atom. The molecule has 0 atom stereocenters. The minimum atomic E-state index is -0.375. The lowest BCUT2D eigenvalue weighted by Gasteiger charge is -2.01. The number of anilines is 1. The Morgan fingerprint density at radius 1 is 1.32 bits per heavy atom. The number of rotatable bonds is 6. The first kappa shape index (κ1) is 16.9. The molecular formula is C17H22N6O2. The zero-order valence-corrected chi connectivity index (χ0v) is 14.9. The number of carbonyl (C=O) groups is 1. The SMILES string of the molecule is CCCCn1nc(NC(=O)c2cc(-c3cnn(C)c3C)no2)cc1C. The van der Waals surface area contributed by atoms with Crippen LogP contribution in [0.5, 0.6) is 0 Å². The molecule has 25 heavy (non-hydrogen) atoms. The number of nitrogens with zero attached hydrogens (tertiary/aromatic N) is 5. The predicted octanol–water partition coefficient (Wildman–Crippen LogP) is 2.94. The summed E-state index contributed by atoms with van der Waals surface area (Å²) in [6.45, 7) is 6.87. The highest BCUT2D eigenvalue weighted by molar-refractivity contribution is 6.02. The van der Waals surface area contributed by atoms with Crippen molar-refractivity contribution in [3.05, 3.63) is 35.5 Å². The largest absolute Gasteiger partial charge is 0.350 e. The number of aryl methyl sites for hydroxylation is 3. The second kappa shape index (κ2) is 6.92. The van der Waals surface area contributed by atoms with Gasteiger partial charge in [0, 0.05) is 42.7 Å². The second-order valence-electron chi connectivity index (χ2n) is 6.05. The van der Waals surface area contributed by atoms with Crippen molar-refractivity contribution in [2.75, 3.05) is 5.32 Å². The molecule has 0 saturated carbocycles. The number of unbranched alkanes of at least 4 members (excludes halogenated alkanes) is 1. The highest BCUT2D eigenvalue weighted by atomic mass is 16.5. The van der Waals surface area contributed by atoms with Gasteiger partial charge in [-0.05, 0) is 20.3 Å². The number of amides is 1. The lowest BCUT2D eigenvalue weighted by Crippen LogP contribution is -2.12. The Kier molecular flexibility index (Phi) is 4.69. The third-order valence-electron chi connectivity index (χ3n) is 4.19. The van der Waals surface area contributed by atoms with Gasteiger partial charge in [0.25, 0.3) is 5.91 Å². The number of hydrogen-bond acceptors (Lipinski definition) is 5. The van der Waals surface area contributed by atoms with Crippen LogP contribution in [0.1, 0.15) is 41.7 Å². The Morgan fingerprint density at radius 2 is 2.12 bits per heavy atom. The van der Waals surface area contributed by atoms with Crippen LogP contribution in [0.2, 0.25) is 0 Å². The van der Waals surface area contributed by atoms with Crippen molar-refractivity contribution >= 4 is 11.7 Å². The molecule has 132 valence electrons. The monoisotopic (exact) mass is 342 g/mol. The van der Waals surface area contributed by atoms with E-state index in [1.165, 1.54) is 0 Å². The highest BCUT2D eigenvalue weighted by Crippen LogP contribution is 2.22. The van der Waals surface area contributed by atoms with E-state index in [2.05, 4.69) is 27.6 Å². The van der Waals surface area contributed by atoms with E-state index in [9.17, 15) is 4.79 Å². The summed E-state index contributed by atoms with van der Waals surface area (Å²) in [6.07, 6.45) is 3.84. The van der Waals surface area contributed by atoms with E-state index >= 15 is 0 Å². The molecule has 3 aromatic rings. The van der Waals surface area contributed by atoms with E-state index in [0.717, 1.165) is 36.3 Å². The average Bonchev–Trinajstić information content (AvgIpc) is 3.27. The zero-order chi connectivity index (χ0) is 18.0. The quantitative estimate of drug-likeness (QED) is 0.744. The molecule has 0 saturated heterocycles. The Bertz CT molecular complexity index is 889. The average molecular weight is 342 g/mol. The van der Waals surface area contributed by atoms with Gasteiger partial charge in [-0.25, -0.2) is 0 Å². The van der Waals surface area contributed by atoms with Crippen LogP contribution < -0.4 is 5.32 Å². The molecule has 0 bridgehead atoms. The summed E-state index contributed by atoms with van der Waals surface area (Å²) >= 11 is 0. The van der Waals surface area contributed by atoms with Gasteiger partial charge in [-0.2, -0.15) is 10.2 Å². The van der Waals surface area contributed by atoms with Gasteiger partial charge >= 0.3 is 0 Å². The van der Waals surface area contributed by atoms with Gasteiger partial charge in [0.15, 0.2) is 5.82 Å². The Labute approximate surface area is 145 Å². The topological polar surface area (TPSA) is 90.8 Å². The minimum Gasteiger partial charge on any atom is -0.350 e. The molecule has 8 nitrogen and oxygen atoms in total. The number of aromatic nitrogens is 5. The van der Waals surface area contributed by atoms with Gasteiger partial charge in [0.1, 0.15) is 5.69 Å². The molecule has 0 aliphatic rings. The predicted molar refractivity (Wildman–Crippen MR) is 93.3 cm³/mol. The van der Waals surface area contributed by atoms with Crippen molar-refractivity contribution in [2.24, 2.45) is 7.05 Å². The molecule has 0 aliphatic carbocycles. The van der Waals surface area contributed by atoms with Crippen molar-refractivity contribution < 1.29 is 9.32 Å². The molecule has 0 fully saturated rings. The number of hydrogen-bond donors (Lipinski definition) is 1. The summed E-state index contributed by atoms with van der Waals surface area (Å²) in [5.74, 6) is 0.272. The third-order valence-corrected chi connectivity index (χ3v) is 4.19. The molecule has 0 unspecified atom stereocenters. The summed E-state index contributed by atoms with van der Waals surface area (Å²) in [5, 5.41) is 15.3. The summed E-state index contributed by atoms with van der Waals surface area (Å²) in [5.41, 5.74) is 3.38. The maximum atomic E-state index is 12.4. The number of nitrogens with one attached hydrogen (secondary N) is 1. The summed E-state index contributed by atoms with van der Waals surface area (Å²) in [4.78, 5) is 12.4. The Hall–Kier alpha value is -2.90. The first-order valence-electron chi connectivity index (χ1n) is 8.31. The second-order valence-corrected chi connectivity index (χ2v) is 6.05. The van der Waals surface area contributed by atoms with Crippen molar-refractivity contribution in [3.63, 3.8) is 0 Å². The van der Waals surface area contributed by atoms with Crippen LogP contribution in [0.25, 0.3) is 11.3 Å². The standard InChI is InChI=1S/C17H22N6O2/c1-5-6-7-23-11(2)8-16(20-23)19-17(24)15-9-14(21-25-15)13-10-18-22(4)12(13)3/h8-10H,5-7H2,1-4H3,(H,19,20,24). The first-order valence-corrected chi connectivity index (χ1v) is 8.31. The maximum Gasteiger partial charge on any atom is 0.295 e. The maximum absolute atomic E-state index is 12.4. The van der Waals surface area contributed by atoms with Crippen LogP contribution in [-0.4, -0.2) is 30.6 Å². The third kappa shape index (κ3) is 3.47. The van der Waals surface area contributed by atoms with Crippen LogP contribution in [-0.2, 0) is 13.6 Å². The molecule has 0 aromatic carbocycles. The fraction of sp³-hybridized carbons (Fsp3) is 0.412. The molecule has 0 spiro atoms. The normalized spacial score (nSPS) is 11.0. The Balaban J connectivity index is 1.73. The van der Waals surface area contributed by atoms with Gasteiger partial charge in [-0.1, -0.05) is 18.5 Å². The van der Waals surface area contributed by atoms with E-state index in [-0.39, 0.29) is 11.7 Å². The molecule has 3 rings (SSSR count). The zero-order valence-electron chi connectivity index (χ0n) is 14.9. The van der Waals surface area contributed by atoms with Crippen molar-refractivity contribution in [1.82, 2.24) is 24.7 Å². The molecule has 1 N–H and O–H groups in total. The lowest BCUT2D eigenvalue weighted by atomic mass is 10.2. The van der Waals surface area contributed by atoms with Crippen LogP contribution in [0.3, 0.4) is 0 Å². The van der Waals surface area contributed by atoms with E-state index in [0.29, 0.717) is 11.5 Å². The van der Waals surface area contributed by atoms with Gasteiger partial charge in [0.2, 0.25) is 5.76 Å². The van der Waals surface area contributed by atoms with Crippen LogP contribution >= 0.6 is 0 Å². The molecule has 3 heterocycles.